The molecule has 7 nitrogen and oxygen atoms in total. The smallest absolute Gasteiger partial charge is 0.336 e. The number of piperazine rings is 1. The lowest BCUT2D eigenvalue weighted by atomic mass is 10.1. The third-order valence-corrected chi connectivity index (χ3v) is 8.68. The number of halogens is 2. The van der Waals surface area contributed by atoms with Crippen LogP contribution in [0.25, 0.3) is 0 Å². The first-order valence-electron chi connectivity index (χ1n) is 11.0. The summed E-state index contributed by atoms with van der Waals surface area (Å²) >= 11 is 12.1. The number of rotatable bonds is 9. The summed E-state index contributed by atoms with van der Waals surface area (Å²) in [5.74, 6) is 0.0323. The minimum absolute atomic E-state index is 0.0323. The Kier molecular flexibility index (Phi) is 9.23. The Balaban J connectivity index is 1.75. The maximum Gasteiger partial charge on any atom is 0.408 e. The minimum Gasteiger partial charge on any atom is -0.336 e. The molecule has 31 heavy (non-hydrogen) atoms. The molecule has 0 aliphatic carbocycles. The lowest BCUT2D eigenvalue weighted by molar-refractivity contribution is -0.135. The Hall–Kier alpha value is -0.660. The van der Waals surface area contributed by atoms with E-state index >= 15 is 0 Å². The highest BCUT2D eigenvalue weighted by Gasteiger charge is 2.41. The van der Waals surface area contributed by atoms with Crippen LogP contribution in [0.5, 0.6) is 0 Å². The van der Waals surface area contributed by atoms with Crippen LogP contribution >= 0.6 is 30.9 Å². The van der Waals surface area contributed by atoms with Crippen molar-refractivity contribution in [2.24, 2.45) is 0 Å². The largest absolute Gasteiger partial charge is 0.408 e. The second-order valence-electron chi connectivity index (χ2n) is 7.89. The number of hydrogen-bond donors (Lipinski definition) is 0. The molecule has 174 valence electrons. The van der Waals surface area contributed by atoms with Gasteiger partial charge in [-0.1, -0.05) is 29.3 Å². The number of carbonyl (C=O) groups is 1. The fourth-order valence-electron chi connectivity index (χ4n) is 4.26. The second kappa shape index (κ2) is 11.5. The summed E-state index contributed by atoms with van der Waals surface area (Å²) in [7, 11) is -3.37. The van der Waals surface area contributed by atoms with Crippen LogP contribution in [-0.4, -0.2) is 78.9 Å². The van der Waals surface area contributed by atoms with E-state index in [2.05, 4.69) is 4.90 Å². The van der Waals surface area contributed by atoms with Gasteiger partial charge in [0.2, 0.25) is 5.91 Å². The molecule has 0 unspecified atom stereocenters. The highest BCUT2D eigenvalue weighted by atomic mass is 35.5. The number of hydrogen-bond acceptors (Lipinski definition) is 5. The second-order valence-corrected chi connectivity index (χ2v) is 10.7. The van der Waals surface area contributed by atoms with E-state index in [1.807, 2.05) is 24.8 Å². The van der Waals surface area contributed by atoms with Crippen molar-refractivity contribution >= 4 is 36.9 Å². The van der Waals surface area contributed by atoms with Crippen molar-refractivity contribution in [3.8, 4) is 0 Å². The summed E-state index contributed by atoms with van der Waals surface area (Å²) in [4.78, 5) is 17.5. The van der Waals surface area contributed by atoms with Gasteiger partial charge in [0.1, 0.15) is 0 Å². The van der Waals surface area contributed by atoms with Gasteiger partial charge in [-0.05, 0) is 57.5 Å². The fourth-order valence-corrected chi connectivity index (χ4v) is 6.36. The van der Waals surface area contributed by atoms with Gasteiger partial charge in [-0.3, -0.25) is 13.8 Å². The van der Waals surface area contributed by atoms with E-state index in [9.17, 15) is 9.36 Å². The van der Waals surface area contributed by atoms with Crippen LogP contribution in [0, 0.1) is 0 Å². The molecule has 0 bridgehead atoms. The summed E-state index contributed by atoms with van der Waals surface area (Å²) < 4.78 is 26.2. The predicted molar refractivity (Wildman–Crippen MR) is 124 cm³/mol. The summed E-state index contributed by atoms with van der Waals surface area (Å²) in [5.41, 5.74) is 0.830. The van der Waals surface area contributed by atoms with E-state index in [-0.39, 0.29) is 18.4 Å². The van der Waals surface area contributed by atoms with Crippen LogP contribution in [-0.2, 0) is 24.8 Å². The van der Waals surface area contributed by atoms with E-state index in [4.69, 9.17) is 32.2 Å². The van der Waals surface area contributed by atoms with Crippen molar-refractivity contribution in [1.29, 1.82) is 0 Å². The Labute approximate surface area is 195 Å². The Morgan fingerprint density at radius 3 is 2.35 bits per heavy atom. The van der Waals surface area contributed by atoms with E-state index in [0.29, 0.717) is 42.9 Å². The van der Waals surface area contributed by atoms with Gasteiger partial charge in [-0.25, -0.2) is 9.24 Å². The van der Waals surface area contributed by atoms with Gasteiger partial charge in [0.15, 0.2) is 0 Å². The van der Waals surface area contributed by atoms with E-state index in [1.54, 1.807) is 16.8 Å². The Morgan fingerprint density at radius 2 is 1.74 bits per heavy atom. The standard InChI is InChI=1S/C21H32Cl2N3O4P/c1-3-29-31(28,30-4-2)25-11-12-26(18(16-25)15-24-9-5-6-10-24)21(27)14-17-7-8-19(22)20(23)13-17/h7-8,13,18H,3-6,9-12,14-16H2,1-2H3/t18-/m1/s1. The zero-order chi connectivity index (χ0) is 22.4. The molecule has 0 aromatic heterocycles. The molecule has 1 aromatic rings. The van der Waals surface area contributed by atoms with Crippen molar-refractivity contribution in [1.82, 2.24) is 14.5 Å². The fraction of sp³-hybridized carbons (Fsp3) is 0.667. The third kappa shape index (κ3) is 6.44. The molecule has 1 atom stereocenters. The average Bonchev–Trinajstić information content (AvgIpc) is 3.24. The molecule has 1 amide bonds. The summed E-state index contributed by atoms with van der Waals surface area (Å²) in [6.45, 7) is 8.43. The lowest BCUT2D eigenvalue weighted by Crippen LogP contribution is -2.58. The quantitative estimate of drug-likeness (QED) is 0.479. The lowest BCUT2D eigenvalue weighted by Gasteiger charge is -2.44. The van der Waals surface area contributed by atoms with Crippen molar-refractivity contribution < 1.29 is 18.4 Å². The Morgan fingerprint density at radius 1 is 1.06 bits per heavy atom. The number of carbonyl (C=O) groups excluding carboxylic acids is 1. The molecule has 1 aromatic carbocycles. The molecule has 0 spiro atoms. The molecule has 2 fully saturated rings. The van der Waals surface area contributed by atoms with Crippen molar-refractivity contribution in [2.45, 2.75) is 39.2 Å². The third-order valence-electron chi connectivity index (χ3n) is 5.72. The molecule has 0 N–H and O–H groups in total. The van der Waals surface area contributed by atoms with Crippen LogP contribution in [0.1, 0.15) is 32.3 Å². The van der Waals surface area contributed by atoms with Gasteiger partial charge in [-0.15, -0.1) is 0 Å². The molecular formula is C21H32Cl2N3O4P. The summed E-state index contributed by atoms with van der Waals surface area (Å²) in [6, 6.07) is 5.20. The molecule has 2 saturated heterocycles. The molecule has 2 aliphatic heterocycles. The molecular weight excluding hydrogens is 460 g/mol. The van der Waals surface area contributed by atoms with Gasteiger partial charge in [0.25, 0.3) is 0 Å². The Bertz CT molecular complexity index is 797. The normalized spacial score (nSPS) is 21.0. The first kappa shape index (κ1) is 25.0. The van der Waals surface area contributed by atoms with Gasteiger partial charge in [0.05, 0.1) is 35.7 Å². The molecule has 0 radical (unpaired) electrons. The number of likely N-dealkylation sites (tertiary alicyclic amines) is 1. The highest BCUT2D eigenvalue weighted by molar-refractivity contribution is 7.51. The first-order valence-corrected chi connectivity index (χ1v) is 13.2. The predicted octanol–water partition coefficient (Wildman–Crippen LogP) is 4.33. The zero-order valence-corrected chi connectivity index (χ0v) is 20.7. The van der Waals surface area contributed by atoms with Crippen molar-refractivity contribution in [2.75, 3.05) is 52.5 Å². The molecule has 2 aliphatic rings. The molecule has 0 saturated carbocycles. The highest BCUT2D eigenvalue weighted by Crippen LogP contribution is 2.52. The van der Waals surface area contributed by atoms with Crippen molar-refractivity contribution in [3.63, 3.8) is 0 Å². The van der Waals surface area contributed by atoms with Gasteiger partial charge >= 0.3 is 7.75 Å². The topological polar surface area (TPSA) is 62.3 Å². The van der Waals surface area contributed by atoms with Crippen LogP contribution in [0.2, 0.25) is 10.0 Å². The number of nitrogens with zero attached hydrogens (tertiary/aromatic N) is 3. The number of benzene rings is 1. The molecule has 3 rings (SSSR count). The van der Waals surface area contributed by atoms with Crippen LogP contribution in [0.15, 0.2) is 18.2 Å². The molecule has 10 heteroatoms. The van der Waals surface area contributed by atoms with Crippen LogP contribution < -0.4 is 0 Å². The van der Waals surface area contributed by atoms with Gasteiger partial charge in [0, 0.05) is 26.2 Å². The van der Waals surface area contributed by atoms with E-state index in [1.165, 1.54) is 12.8 Å². The van der Waals surface area contributed by atoms with Crippen LogP contribution in [0.3, 0.4) is 0 Å². The zero-order valence-electron chi connectivity index (χ0n) is 18.3. The number of amides is 1. The average molecular weight is 492 g/mol. The van der Waals surface area contributed by atoms with Crippen LogP contribution in [0.4, 0.5) is 0 Å². The maximum absolute atomic E-state index is 13.3. The van der Waals surface area contributed by atoms with Gasteiger partial charge in [-0.2, -0.15) is 0 Å². The maximum atomic E-state index is 13.3. The van der Waals surface area contributed by atoms with E-state index in [0.717, 1.165) is 25.2 Å². The summed E-state index contributed by atoms with van der Waals surface area (Å²) in [5, 5.41) is 0.917. The first-order chi connectivity index (χ1) is 14.9. The SMILES string of the molecule is CCOP(=O)(OCC)N1CCN(C(=O)Cc2ccc(Cl)c(Cl)c2)[C@H](CN2CCCC2)C1. The minimum atomic E-state index is -3.37. The summed E-state index contributed by atoms with van der Waals surface area (Å²) in [6.07, 6.45) is 2.59. The van der Waals surface area contributed by atoms with Crippen molar-refractivity contribution in [3.05, 3.63) is 33.8 Å². The molecule has 2 heterocycles. The monoisotopic (exact) mass is 491 g/mol. The van der Waals surface area contributed by atoms with Gasteiger partial charge < -0.3 is 9.80 Å². The van der Waals surface area contributed by atoms with E-state index < -0.39 is 7.75 Å².